The summed E-state index contributed by atoms with van der Waals surface area (Å²) in [4.78, 5) is 13.4. The number of nitrogens with zero attached hydrogens (tertiary/aromatic N) is 5. The predicted octanol–water partition coefficient (Wildman–Crippen LogP) is 2.19. The second-order valence-corrected chi connectivity index (χ2v) is 6.20. The van der Waals surface area contributed by atoms with Crippen molar-refractivity contribution in [3.05, 3.63) is 35.7 Å². The Morgan fingerprint density at radius 2 is 2.17 bits per heavy atom. The number of rotatable bonds is 5. The van der Waals surface area contributed by atoms with Crippen molar-refractivity contribution in [1.29, 1.82) is 0 Å². The predicted molar refractivity (Wildman–Crippen MR) is 90.8 cm³/mol. The highest BCUT2D eigenvalue weighted by Crippen LogP contribution is 2.20. The average molecular weight is 331 g/mol. The lowest BCUT2D eigenvalue weighted by Gasteiger charge is -2.24. The van der Waals surface area contributed by atoms with Gasteiger partial charge in [-0.25, -0.2) is 0 Å². The molecule has 24 heavy (non-hydrogen) atoms. The molecule has 3 rings (SSSR count). The maximum Gasteiger partial charge on any atom is 0.240 e. The van der Waals surface area contributed by atoms with Crippen molar-refractivity contribution in [2.75, 3.05) is 38.2 Å². The molecule has 0 N–H and O–H groups in total. The largest absolute Gasteiger partial charge is 0.374 e. The minimum atomic E-state index is -0.142. The standard InChI is InChI=1S/C17H25N5O2/c1-13-11-18-6-5-15(13)22-8-4-7-21(9-10-22)12-16-19-17(20-24-16)14(2)23-3/h5-6,11,14H,4,7-10,12H2,1-3H3. The molecule has 3 heterocycles. The summed E-state index contributed by atoms with van der Waals surface area (Å²) in [6.45, 7) is 8.75. The molecule has 1 atom stereocenters. The second-order valence-electron chi connectivity index (χ2n) is 6.20. The molecule has 7 heteroatoms. The molecule has 1 fully saturated rings. The van der Waals surface area contributed by atoms with Crippen molar-refractivity contribution in [2.24, 2.45) is 0 Å². The molecule has 130 valence electrons. The van der Waals surface area contributed by atoms with E-state index in [1.165, 1.54) is 11.3 Å². The molecule has 2 aromatic rings. The van der Waals surface area contributed by atoms with Crippen molar-refractivity contribution in [3.8, 4) is 0 Å². The van der Waals surface area contributed by atoms with Crippen molar-refractivity contribution in [2.45, 2.75) is 32.9 Å². The summed E-state index contributed by atoms with van der Waals surface area (Å²) in [6.07, 6.45) is 4.76. The van der Waals surface area contributed by atoms with Gasteiger partial charge in [-0.05, 0) is 31.9 Å². The average Bonchev–Trinajstić information content (AvgIpc) is 2.94. The van der Waals surface area contributed by atoms with Crippen molar-refractivity contribution >= 4 is 5.69 Å². The Hall–Kier alpha value is -1.99. The first-order chi connectivity index (χ1) is 11.7. The lowest BCUT2D eigenvalue weighted by molar-refractivity contribution is 0.109. The number of aryl methyl sites for hydroxylation is 1. The van der Waals surface area contributed by atoms with Gasteiger partial charge in [-0.15, -0.1) is 0 Å². The van der Waals surface area contributed by atoms with E-state index >= 15 is 0 Å². The van der Waals surface area contributed by atoms with E-state index in [4.69, 9.17) is 9.26 Å². The Morgan fingerprint density at radius 1 is 1.29 bits per heavy atom. The fourth-order valence-electron chi connectivity index (χ4n) is 2.98. The van der Waals surface area contributed by atoms with Crippen LogP contribution in [0.2, 0.25) is 0 Å². The lowest BCUT2D eigenvalue weighted by atomic mass is 10.2. The van der Waals surface area contributed by atoms with Crippen molar-refractivity contribution in [1.82, 2.24) is 20.0 Å². The zero-order chi connectivity index (χ0) is 16.9. The van der Waals surface area contributed by atoms with Crippen LogP contribution in [0.15, 0.2) is 23.0 Å². The van der Waals surface area contributed by atoms with E-state index in [2.05, 4.69) is 37.9 Å². The van der Waals surface area contributed by atoms with E-state index in [0.29, 0.717) is 18.3 Å². The molecule has 0 radical (unpaired) electrons. The number of pyridine rings is 1. The number of ether oxygens (including phenoxy) is 1. The van der Waals surface area contributed by atoms with Gasteiger partial charge in [0.15, 0.2) is 5.82 Å². The van der Waals surface area contributed by atoms with Crippen LogP contribution in [0.3, 0.4) is 0 Å². The Kier molecular flexibility index (Phi) is 5.42. The summed E-state index contributed by atoms with van der Waals surface area (Å²) in [5.74, 6) is 1.26. The van der Waals surface area contributed by atoms with Crippen LogP contribution in [0.4, 0.5) is 5.69 Å². The molecular weight excluding hydrogens is 306 g/mol. The molecule has 0 spiro atoms. The number of hydrogen-bond donors (Lipinski definition) is 0. The van der Waals surface area contributed by atoms with Crippen LogP contribution in [0.5, 0.6) is 0 Å². The third-order valence-electron chi connectivity index (χ3n) is 4.48. The van der Waals surface area contributed by atoms with Gasteiger partial charge in [0.25, 0.3) is 0 Å². The molecule has 0 amide bonds. The van der Waals surface area contributed by atoms with Crippen molar-refractivity contribution < 1.29 is 9.26 Å². The monoisotopic (exact) mass is 331 g/mol. The zero-order valence-corrected chi connectivity index (χ0v) is 14.6. The molecule has 1 saturated heterocycles. The van der Waals surface area contributed by atoms with E-state index in [9.17, 15) is 0 Å². The molecule has 2 aromatic heterocycles. The minimum Gasteiger partial charge on any atom is -0.374 e. The highest BCUT2D eigenvalue weighted by atomic mass is 16.5. The van der Waals surface area contributed by atoms with Gasteiger partial charge in [0, 0.05) is 51.4 Å². The second kappa shape index (κ2) is 7.72. The van der Waals surface area contributed by atoms with Gasteiger partial charge in [-0.1, -0.05) is 5.16 Å². The Bertz CT molecular complexity index is 660. The van der Waals surface area contributed by atoms with Crippen LogP contribution in [-0.4, -0.2) is 53.3 Å². The van der Waals surface area contributed by atoms with Crippen LogP contribution in [-0.2, 0) is 11.3 Å². The fraction of sp³-hybridized carbons (Fsp3) is 0.588. The number of hydrogen-bond acceptors (Lipinski definition) is 7. The first kappa shape index (κ1) is 16.9. The van der Waals surface area contributed by atoms with E-state index in [1.54, 1.807) is 7.11 Å². The van der Waals surface area contributed by atoms with E-state index in [1.807, 2.05) is 19.3 Å². The Labute approximate surface area is 142 Å². The quantitative estimate of drug-likeness (QED) is 0.832. The third kappa shape index (κ3) is 3.91. The zero-order valence-electron chi connectivity index (χ0n) is 14.6. The highest BCUT2D eigenvalue weighted by Gasteiger charge is 2.19. The van der Waals surface area contributed by atoms with Crippen LogP contribution < -0.4 is 4.90 Å². The van der Waals surface area contributed by atoms with Gasteiger partial charge in [-0.2, -0.15) is 4.98 Å². The topological polar surface area (TPSA) is 67.5 Å². The van der Waals surface area contributed by atoms with Gasteiger partial charge in [-0.3, -0.25) is 9.88 Å². The molecule has 0 aliphatic carbocycles. The maximum absolute atomic E-state index is 5.36. The Morgan fingerprint density at radius 3 is 2.96 bits per heavy atom. The van der Waals surface area contributed by atoms with Crippen LogP contribution in [0, 0.1) is 6.92 Å². The van der Waals surface area contributed by atoms with Gasteiger partial charge in [0.05, 0.1) is 6.54 Å². The van der Waals surface area contributed by atoms with Crippen LogP contribution in [0.25, 0.3) is 0 Å². The normalized spacial score (nSPS) is 17.7. The molecule has 0 aromatic carbocycles. The highest BCUT2D eigenvalue weighted by molar-refractivity contribution is 5.51. The van der Waals surface area contributed by atoms with E-state index in [0.717, 1.165) is 32.6 Å². The first-order valence-electron chi connectivity index (χ1n) is 8.40. The first-order valence-corrected chi connectivity index (χ1v) is 8.40. The van der Waals surface area contributed by atoms with Gasteiger partial charge >= 0.3 is 0 Å². The van der Waals surface area contributed by atoms with E-state index in [-0.39, 0.29) is 6.10 Å². The smallest absolute Gasteiger partial charge is 0.240 e. The van der Waals surface area contributed by atoms with Gasteiger partial charge < -0.3 is 14.2 Å². The summed E-state index contributed by atoms with van der Waals surface area (Å²) in [5.41, 5.74) is 2.50. The molecule has 1 aliphatic heterocycles. The summed E-state index contributed by atoms with van der Waals surface area (Å²) < 4.78 is 10.6. The summed E-state index contributed by atoms with van der Waals surface area (Å²) in [5, 5.41) is 3.99. The molecule has 0 saturated carbocycles. The third-order valence-corrected chi connectivity index (χ3v) is 4.48. The number of anilines is 1. The Balaban J connectivity index is 1.60. The molecule has 7 nitrogen and oxygen atoms in total. The fourth-order valence-corrected chi connectivity index (χ4v) is 2.98. The maximum atomic E-state index is 5.36. The van der Waals surface area contributed by atoms with Gasteiger partial charge in [0.1, 0.15) is 6.10 Å². The number of aromatic nitrogens is 3. The lowest BCUT2D eigenvalue weighted by Crippen LogP contribution is -2.31. The molecule has 0 bridgehead atoms. The van der Waals surface area contributed by atoms with Crippen LogP contribution in [0.1, 0.15) is 36.7 Å². The molecular formula is C17H25N5O2. The minimum absolute atomic E-state index is 0.142. The summed E-state index contributed by atoms with van der Waals surface area (Å²) in [6, 6.07) is 2.10. The van der Waals surface area contributed by atoms with E-state index < -0.39 is 0 Å². The molecule has 1 aliphatic rings. The molecule has 1 unspecified atom stereocenters. The summed E-state index contributed by atoms with van der Waals surface area (Å²) >= 11 is 0. The van der Waals surface area contributed by atoms with Gasteiger partial charge in [0.2, 0.25) is 5.89 Å². The summed E-state index contributed by atoms with van der Waals surface area (Å²) in [7, 11) is 1.64. The SMILES string of the molecule is COC(C)c1noc(CN2CCCN(c3ccncc3C)CC2)n1. The van der Waals surface area contributed by atoms with Crippen molar-refractivity contribution in [3.63, 3.8) is 0 Å². The van der Waals surface area contributed by atoms with Crippen LogP contribution >= 0.6 is 0 Å². The number of methoxy groups -OCH3 is 1.